The first kappa shape index (κ1) is 22.1. The van der Waals surface area contributed by atoms with E-state index in [1.54, 1.807) is 23.1 Å². The predicted molar refractivity (Wildman–Crippen MR) is 109 cm³/mol. The van der Waals surface area contributed by atoms with E-state index >= 15 is 0 Å². The number of piperazine rings is 1. The SMILES string of the molecule is Cl.Cl.O=C(c1cc(-n2cccn2)ccn1)N1CCCC(N2CCNCC2=O)C1. The zero-order valence-electron chi connectivity index (χ0n) is 15.4. The fraction of sp³-hybridized carbons (Fsp3) is 0.444. The van der Waals surface area contributed by atoms with Gasteiger partial charge < -0.3 is 15.1 Å². The minimum absolute atomic E-state index is 0. The number of carbonyl (C=O) groups excluding carboxylic acids is 2. The lowest BCUT2D eigenvalue weighted by Gasteiger charge is -2.41. The first-order valence-corrected chi connectivity index (χ1v) is 8.98. The van der Waals surface area contributed by atoms with Crippen molar-refractivity contribution in [3.8, 4) is 5.69 Å². The van der Waals surface area contributed by atoms with Crippen molar-refractivity contribution >= 4 is 36.6 Å². The van der Waals surface area contributed by atoms with Crippen molar-refractivity contribution in [2.75, 3.05) is 32.7 Å². The van der Waals surface area contributed by atoms with Gasteiger partial charge in [0.1, 0.15) is 5.69 Å². The summed E-state index contributed by atoms with van der Waals surface area (Å²) in [4.78, 5) is 33.1. The van der Waals surface area contributed by atoms with Crippen molar-refractivity contribution in [2.24, 2.45) is 0 Å². The molecule has 152 valence electrons. The highest BCUT2D eigenvalue weighted by Crippen LogP contribution is 2.19. The maximum atomic E-state index is 12.9. The quantitative estimate of drug-likeness (QED) is 0.795. The molecule has 10 heteroatoms. The van der Waals surface area contributed by atoms with Crippen LogP contribution in [0.2, 0.25) is 0 Å². The zero-order chi connectivity index (χ0) is 17.9. The highest BCUT2D eigenvalue weighted by Gasteiger charge is 2.32. The molecule has 1 N–H and O–H groups in total. The van der Waals surface area contributed by atoms with Crippen molar-refractivity contribution in [1.29, 1.82) is 0 Å². The fourth-order valence-corrected chi connectivity index (χ4v) is 3.66. The summed E-state index contributed by atoms with van der Waals surface area (Å²) in [5.41, 5.74) is 1.21. The van der Waals surface area contributed by atoms with E-state index in [0.29, 0.717) is 31.9 Å². The van der Waals surface area contributed by atoms with E-state index < -0.39 is 0 Å². The Balaban J connectivity index is 0.00000140. The summed E-state index contributed by atoms with van der Waals surface area (Å²) in [6.07, 6.45) is 6.99. The van der Waals surface area contributed by atoms with Crippen LogP contribution in [0.3, 0.4) is 0 Å². The number of nitrogens with one attached hydrogen (secondary N) is 1. The number of carbonyl (C=O) groups is 2. The highest BCUT2D eigenvalue weighted by molar-refractivity contribution is 5.93. The average Bonchev–Trinajstić information content (AvgIpc) is 3.23. The van der Waals surface area contributed by atoms with E-state index in [4.69, 9.17) is 0 Å². The third-order valence-corrected chi connectivity index (χ3v) is 4.98. The second kappa shape index (κ2) is 9.86. The smallest absolute Gasteiger partial charge is 0.272 e. The van der Waals surface area contributed by atoms with Crippen LogP contribution in [0, 0.1) is 0 Å². The van der Waals surface area contributed by atoms with Crippen molar-refractivity contribution in [3.63, 3.8) is 0 Å². The Kier molecular flexibility index (Phi) is 7.79. The Labute approximate surface area is 176 Å². The Morgan fingerprint density at radius 1 is 1.21 bits per heavy atom. The molecule has 4 rings (SSSR count). The third-order valence-electron chi connectivity index (χ3n) is 4.98. The molecule has 2 aliphatic rings. The molecule has 28 heavy (non-hydrogen) atoms. The van der Waals surface area contributed by atoms with Gasteiger partial charge in [-0.2, -0.15) is 5.10 Å². The van der Waals surface area contributed by atoms with Gasteiger partial charge in [0, 0.05) is 50.8 Å². The molecule has 2 aliphatic heterocycles. The van der Waals surface area contributed by atoms with E-state index in [0.717, 1.165) is 25.1 Å². The van der Waals surface area contributed by atoms with Crippen LogP contribution in [0.15, 0.2) is 36.8 Å². The minimum atomic E-state index is -0.0914. The summed E-state index contributed by atoms with van der Waals surface area (Å²) < 4.78 is 1.71. The summed E-state index contributed by atoms with van der Waals surface area (Å²) >= 11 is 0. The Bertz CT molecular complexity index is 801. The van der Waals surface area contributed by atoms with E-state index in [2.05, 4.69) is 15.4 Å². The molecular weight excluding hydrogens is 403 g/mol. The van der Waals surface area contributed by atoms with Crippen LogP contribution < -0.4 is 5.32 Å². The molecule has 0 bridgehead atoms. The standard InChI is InChI=1S/C18H22N6O2.2ClH/c25-17-12-19-7-10-23(17)15-3-1-8-22(13-15)18(26)16-11-14(4-6-20-16)24-9-2-5-21-24;;/h2,4-6,9,11,15,19H,1,3,7-8,10,12-13H2;2*1H. The topological polar surface area (TPSA) is 83.4 Å². The maximum Gasteiger partial charge on any atom is 0.272 e. The largest absolute Gasteiger partial charge is 0.336 e. The number of likely N-dealkylation sites (tertiary alicyclic amines) is 1. The number of hydrogen-bond acceptors (Lipinski definition) is 5. The van der Waals surface area contributed by atoms with E-state index in [9.17, 15) is 9.59 Å². The van der Waals surface area contributed by atoms with Gasteiger partial charge in [0.15, 0.2) is 0 Å². The van der Waals surface area contributed by atoms with Gasteiger partial charge in [0.05, 0.1) is 12.2 Å². The number of aromatic nitrogens is 3. The van der Waals surface area contributed by atoms with Gasteiger partial charge in [0.2, 0.25) is 5.91 Å². The van der Waals surface area contributed by atoms with Gasteiger partial charge in [-0.1, -0.05) is 0 Å². The van der Waals surface area contributed by atoms with Gasteiger partial charge in [-0.15, -0.1) is 24.8 Å². The lowest BCUT2D eigenvalue weighted by Crippen LogP contribution is -2.57. The third kappa shape index (κ3) is 4.63. The maximum absolute atomic E-state index is 12.9. The summed E-state index contributed by atoms with van der Waals surface area (Å²) in [6.45, 7) is 3.17. The molecule has 2 aromatic heterocycles. The van der Waals surface area contributed by atoms with E-state index in [-0.39, 0.29) is 42.7 Å². The lowest BCUT2D eigenvalue weighted by molar-refractivity contribution is -0.135. The molecule has 4 heterocycles. The molecule has 0 radical (unpaired) electrons. The van der Waals surface area contributed by atoms with Crippen molar-refractivity contribution in [2.45, 2.75) is 18.9 Å². The van der Waals surface area contributed by atoms with Crippen LogP contribution in [-0.2, 0) is 4.79 Å². The monoisotopic (exact) mass is 426 g/mol. The molecule has 2 fully saturated rings. The lowest BCUT2D eigenvalue weighted by atomic mass is 10.0. The summed E-state index contributed by atoms with van der Waals surface area (Å²) in [5, 5.41) is 7.29. The number of halogens is 2. The normalized spacial score (nSPS) is 19.6. The van der Waals surface area contributed by atoms with Crippen LogP contribution in [-0.4, -0.2) is 75.1 Å². The molecule has 0 saturated carbocycles. The second-order valence-electron chi connectivity index (χ2n) is 6.66. The number of rotatable bonds is 3. The molecule has 1 atom stereocenters. The second-order valence-corrected chi connectivity index (χ2v) is 6.66. The molecule has 2 saturated heterocycles. The molecular formula is C18H24Cl2N6O2. The van der Waals surface area contributed by atoms with Crippen LogP contribution in [0.1, 0.15) is 23.3 Å². The molecule has 2 amide bonds. The number of pyridine rings is 1. The first-order valence-electron chi connectivity index (χ1n) is 8.98. The molecule has 8 nitrogen and oxygen atoms in total. The number of hydrogen-bond donors (Lipinski definition) is 1. The highest BCUT2D eigenvalue weighted by atomic mass is 35.5. The Hall–Kier alpha value is -2.16. The van der Waals surface area contributed by atoms with Gasteiger partial charge in [-0.05, 0) is 31.0 Å². The van der Waals surface area contributed by atoms with Crippen molar-refractivity contribution < 1.29 is 9.59 Å². The molecule has 0 spiro atoms. The number of amides is 2. The Morgan fingerprint density at radius 2 is 2.07 bits per heavy atom. The molecule has 1 unspecified atom stereocenters. The Morgan fingerprint density at radius 3 is 2.82 bits per heavy atom. The van der Waals surface area contributed by atoms with Gasteiger partial charge >= 0.3 is 0 Å². The predicted octanol–water partition coefficient (Wildman–Crippen LogP) is 1.15. The van der Waals surface area contributed by atoms with Gasteiger partial charge in [0.25, 0.3) is 5.91 Å². The summed E-state index contributed by atoms with van der Waals surface area (Å²) in [6, 6.07) is 5.51. The van der Waals surface area contributed by atoms with E-state index in [1.165, 1.54) is 0 Å². The molecule has 0 aromatic carbocycles. The number of piperidine rings is 1. The average molecular weight is 427 g/mol. The van der Waals surface area contributed by atoms with Crippen molar-refractivity contribution in [1.82, 2.24) is 29.9 Å². The van der Waals surface area contributed by atoms with E-state index in [1.807, 2.05) is 28.1 Å². The number of nitrogens with zero attached hydrogens (tertiary/aromatic N) is 5. The molecule has 0 aliphatic carbocycles. The minimum Gasteiger partial charge on any atom is -0.336 e. The van der Waals surface area contributed by atoms with Crippen LogP contribution in [0.25, 0.3) is 5.69 Å². The van der Waals surface area contributed by atoms with Crippen LogP contribution in [0.4, 0.5) is 0 Å². The zero-order valence-corrected chi connectivity index (χ0v) is 17.0. The fourth-order valence-electron chi connectivity index (χ4n) is 3.66. The molecule has 2 aromatic rings. The van der Waals surface area contributed by atoms with Crippen molar-refractivity contribution in [3.05, 3.63) is 42.5 Å². The van der Waals surface area contributed by atoms with Gasteiger partial charge in [-0.3, -0.25) is 14.6 Å². The summed E-state index contributed by atoms with van der Waals surface area (Å²) in [7, 11) is 0. The van der Waals surface area contributed by atoms with Gasteiger partial charge in [-0.25, -0.2) is 4.68 Å². The van der Waals surface area contributed by atoms with Crippen LogP contribution >= 0.6 is 24.8 Å². The first-order chi connectivity index (χ1) is 12.7. The van der Waals surface area contributed by atoms with Crippen LogP contribution in [0.5, 0.6) is 0 Å². The summed E-state index contributed by atoms with van der Waals surface area (Å²) in [5.74, 6) is 0.0284.